The van der Waals surface area contributed by atoms with E-state index in [4.69, 9.17) is 14.2 Å². The Morgan fingerprint density at radius 2 is 1.73 bits per heavy atom. The maximum atomic E-state index is 13.5. The number of pyridine rings is 1. The van der Waals surface area contributed by atoms with Gasteiger partial charge in [-0.25, -0.2) is 0 Å². The van der Waals surface area contributed by atoms with Gasteiger partial charge in [0, 0.05) is 76.5 Å². The summed E-state index contributed by atoms with van der Waals surface area (Å²) in [5.74, 6) is 1.60. The molecular formula is C38H49N5O6. The number of nitrogens with one attached hydrogen (secondary N) is 2. The number of carbonyl (C=O) groups is 2. The number of piperazine rings is 1. The number of anilines is 1. The number of benzene rings is 1. The number of carbonyl (C=O) groups excluding carboxylic acids is 2. The molecule has 1 aromatic heterocycles. The van der Waals surface area contributed by atoms with Gasteiger partial charge in [0.05, 0.1) is 33.1 Å². The number of aryl methyl sites for hydroxylation is 1. The first-order valence-electron chi connectivity index (χ1n) is 17.2. The molecule has 262 valence electrons. The van der Waals surface area contributed by atoms with E-state index in [2.05, 4.69) is 26.6 Å². The summed E-state index contributed by atoms with van der Waals surface area (Å²) in [5, 5.41) is 6.36. The molecule has 5 rings (SSSR count). The Morgan fingerprint density at radius 3 is 2.43 bits per heavy atom. The number of aromatic nitrogens is 1. The lowest BCUT2D eigenvalue weighted by molar-refractivity contribution is -0.133. The standard InChI is InChI=1S/C38H49N5O6/c1-26(44)41-31-14-12-27-24-34(47-2)37(48-3)38(49-4)36(27)29-13-15-32(33(45)25-30(29)31)40-18-8-5-6-11-35(46)43-22-20-42(21-23-43)19-16-28-10-7-9-17-39-28/h7,9-10,13,15,17,24-25,31H,5-6,8,11-12,14,16,18-23H2,1-4H3,(H,40,45)(H,41,44)/t31-/m0/s1. The Morgan fingerprint density at radius 1 is 0.939 bits per heavy atom. The summed E-state index contributed by atoms with van der Waals surface area (Å²) >= 11 is 0. The number of rotatable bonds is 14. The highest BCUT2D eigenvalue weighted by molar-refractivity contribution is 5.83. The normalized spacial score (nSPS) is 15.8. The van der Waals surface area contributed by atoms with Gasteiger partial charge in [-0.05, 0) is 72.7 Å². The van der Waals surface area contributed by atoms with Gasteiger partial charge in [-0.2, -0.15) is 0 Å². The van der Waals surface area contributed by atoms with E-state index in [1.165, 1.54) is 6.92 Å². The summed E-state index contributed by atoms with van der Waals surface area (Å²) in [7, 11) is 4.74. The molecule has 1 aliphatic heterocycles. The zero-order valence-corrected chi connectivity index (χ0v) is 29.2. The van der Waals surface area contributed by atoms with Crippen molar-refractivity contribution in [1.29, 1.82) is 0 Å². The molecule has 2 heterocycles. The van der Waals surface area contributed by atoms with Crippen LogP contribution in [0.15, 0.2) is 53.5 Å². The van der Waals surface area contributed by atoms with Gasteiger partial charge in [-0.3, -0.25) is 24.3 Å². The molecule has 49 heavy (non-hydrogen) atoms. The molecule has 0 radical (unpaired) electrons. The molecule has 2 amide bonds. The predicted octanol–water partition coefficient (Wildman–Crippen LogP) is 4.62. The Balaban J connectivity index is 1.17. The number of nitrogens with zero attached hydrogens (tertiary/aromatic N) is 3. The van der Waals surface area contributed by atoms with Crippen LogP contribution in [0.3, 0.4) is 0 Å². The highest BCUT2D eigenvalue weighted by atomic mass is 16.5. The third-order valence-electron chi connectivity index (χ3n) is 9.43. The molecule has 2 N–H and O–H groups in total. The molecule has 1 fully saturated rings. The first kappa shape index (κ1) is 35.7. The van der Waals surface area contributed by atoms with Crippen LogP contribution in [0.1, 0.15) is 61.9 Å². The molecule has 11 nitrogen and oxygen atoms in total. The van der Waals surface area contributed by atoms with Crippen molar-refractivity contribution in [3.8, 4) is 28.4 Å². The monoisotopic (exact) mass is 671 g/mol. The lowest BCUT2D eigenvalue weighted by Gasteiger charge is -2.34. The lowest BCUT2D eigenvalue weighted by Crippen LogP contribution is -2.49. The van der Waals surface area contributed by atoms with Gasteiger partial charge >= 0.3 is 0 Å². The molecule has 0 unspecified atom stereocenters. The van der Waals surface area contributed by atoms with Crippen LogP contribution in [0, 0.1) is 0 Å². The van der Waals surface area contributed by atoms with Gasteiger partial charge in [-0.15, -0.1) is 0 Å². The van der Waals surface area contributed by atoms with Gasteiger partial charge in [0.1, 0.15) is 0 Å². The fourth-order valence-electron chi connectivity index (χ4n) is 6.85. The second-order valence-electron chi connectivity index (χ2n) is 12.6. The smallest absolute Gasteiger partial charge is 0.222 e. The molecule has 3 aromatic rings. The van der Waals surface area contributed by atoms with E-state index in [-0.39, 0.29) is 23.3 Å². The number of fused-ring (bicyclic) bond motifs is 3. The number of ether oxygens (including phenoxy) is 3. The van der Waals surface area contributed by atoms with Crippen molar-refractivity contribution in [3.05, 3.63) is 75.7 Å². The van der Waals surface area contributed by atoms with E-state index in [1.807, 2.05) is 35.4 Å². The topological polar surface area (TPSA) is 122 Å². The molecule has 0 saturated carbocycles. The van der Waals surface area contributed by atoms with E-state index < -0.39 is 0 Å². The highest BCUT2D eigenvalue weighted by Gasteiger charge is 2.29. The third kappa shape index (κ3) is 8.89. The Hall–Kier alpha value is -4.64. The van der Waals surface area contributed by atoms with Gasteiger partial charge in [0.2, 0.25) is 23.0 Å². The number of methoxy groups -OCH3 is 3. The first-order chi connectivity index (χ1) is 23.8. The van der Waals surface area contributed by atoms with Crippen molar-refractivity contribution < 1.29 is 23.8 Å². The fourth-order valence-corrected chi connectivity index (χ4v) is 6.85. The van der Waals surface area contributed by atoms with Gasteiger partial charge in [-0.1, -0.05) is 18.6 Å². The SMILES string of the molecule is COc1cc2c(c(OC)c1OC)-c1ccc(NCCCCCC(=O)N3CCN(CCc4ccccn4)CC3)c(=O)cc1[C@@H](NC(C)=O)CC2. The molecule has 1 saturated heterocycles. The Kier molecular flexibility index (Phi) is 12.5. The summed E-state index contributed by atoms with van der Waals surface area (Å²) in [4.78, 5) is 47.4. The van der Waals surface area contributed by atoms with Crippen molar-refractivity contribution in [1.82, 2.24) is 20.1 Å². The fraction of sp³-hybridized carbons (Fsp3) is 0.474. The minimum atomic E-state index is -0.360. The Bertz CT molecular complexity index is 1660. The third-order valence-corrected chi connectivity index (χ3v) is 9.43. The van der Waals surface area contributed by atoms with Crippen LogP contribution in [0.5, 0.6) is 17.2 Å². The van der Waals surface area contributed by atoms with Crippen molar-refractivity contribution in [2.75, 3.05) is 65.9 Å². The molecule has 0 spiro atoms. The number of unbranched alkanes of at least 4 members (excludes halogenated alkanes) is 2. The molecule has 11 heteroatoms. The lowest BCUT2D eigenvalue weighted by atomic mass is 9.95. The summed E-state index contributed by atoms with van der Waals surface area (Å²) < 4.78 is 17.2. The van der Waals surface area contributed by atoms with Crippen LogP contribution < -0.4 is 30.3 Å². The van der Waals surface area contributed by atoms with Crippen LogP contribution in [-0.4, -0.2) is 87.2 Å². The zero-order valence-electron chi connectivity index (χ0n) is 29.2. The van der Waals surface area contributed by atoms with Crippen LogP contribution >= 0.6 is 0 Å². The van der Waals surface area contributed by atoms with E-state index in [1.54, 1.807) is 33.5 Å². The number of hydrogen-bond acceptors (Lipinski definition) is 9. The largest absolute Gasteiger partial charge is 0.493 e. The molecule has 1 aliphatic carbocycles. The second-order valence-corrected chi connectivity index (χ2v) is 12.6. The average molecular weight is 672 g/mol. The van der Waals surface area contributed by atoms with E-state index in [0.717, 1.165) is 86.4 Å². The van der Waals surface area contributed by atoms with Gasteiger partial charge < -0.3 is 29.7 Å². The number of hydrogen-bond donors (Lipinski definition) is 2. The van der Waals surface area contributed by atoms with Crippen LogP contribution in [0.4, 0.5) is 5.69 Å². The maximum Gasteiger partial charge on any atom is 0.222 e. The van der Waals surface area contributed by atoms with Crippen LogP contribution in [0.25, 0.3) is 11.1 Å². The van der Waals surface area contributed by atoms with Crippen LogP contribution in [0.2, 0.25) is 0 Å². The van der Waals surface area contributed by atoms with E-state index >= 15 is 0 Å². The van der Waals surface area contributed by atoms with Crippen molar-refractivity contribution >= 4 is 17.5 Å². The molecule has 0 bridgehead atoms. The number of amides is 2. The van der Waals surface area contributed by atoms with Gasteiger partial charge in [0.15, 0.2) is 11.5 Å². The first-order valence-corrected chi connectivity index (χ1v) is 17.2. The van der Waals surface area contributed by atoms with E-state index in [0.29, 0.717) is 48.7 Å². The zero-order chi connectivity index (χ0) is 34.8. The second kappa shape index (κ2) is 17.1. The quantitative estimate of drug-likeness (QED) is 0.237. The predicted molar refractivity (Wildman–Crippen MR) is 191 cm³/mol. The minimum Gasteiger partial charge on any atom is -0.493 e. The minimum absolute atomic E-state index is 0.158. The van der Waals surface area contributed by atoms with Crippen LogP contribution in [-0.2, 0) is 22.4 Å². The van der Waals surface area contributed by atoms with Crippen molar-refractivity contribution in [2.24, 2.45) is 0 Å². The summed E-state index contributed by atoms with van der Waals surface area (Å²) in [6.07, 6.45) is 7.04. The Labute approximate surface area is 289 Å². The molecule has 1 atom stereocenters. The molecule has 2 aromatic carbocycles. The molecule has 2 aliphatic rings. The maximum absolute atomic E-state index is 13.5. The van der Waals surface area contributed by atoms with E-state index in [9.17, 15) is 14.4 Å². The highest BCUT2D eigenvalue weighted by Crippen LogP contribution is 2.50. The van der Waals surface area contributed by atoms with Crippen molar-refractivity contribution in [2.45, 2.75) is 57.9 Å². The van der Waals surface area contributed by atoms with Crippen molar-refractivity contribution in [3.63, 3.8) is 0 Å². The summed E-state index contributed by atoms with van der Waals surface area (Å²) in [6, 6.07) is 12.9. The van der Waals surface area contributed by atoms with Gasteiger partial charge in [0.25, 0.3) is 0 Å². The molecular weight excluding hydrogens is 622 g/mol. The summed E-state index contributed by atoms with van der Waals surface area (Å²) in [6.45, 7) is 6.37. The summed E-state index contributed by atoms with van der Waals surface area (Å²) in [5.41, 5.74) is 4.74. The average Bonchev–Trinajstić information content (AvgIpc) is 3.36.